The number of nitrogens with zero attached hydrogens (tertiary/aromatic N) is 2. The number of halogens is 1. The summed E-state index contributed by atoms with van der Waals surface area (Å²) in [6.07, 6.45) is 2.12. The number of fused-ring (bicyclic) bond motifs is 1. The second-order valence-electron chi connectivity index (χ2n) is 4.84. The molecule has 110 valence electrons. The number of benzene rings is 1. The molecule has 0 unspecified atom stereocenters. The fourth-order valence-electron chi connectivity index (χ4n) is 2.27. The molecule has 0 aliphatic carbocycles. The quantitative estimate of drug-likeness (QED) is 0.779. The number of aromatic nitrogens is 2. The smallest absolute Gasteiger partial charge is 0.194 e. The van der Waals surface area contributed by atoms with Crippen molar-refractivity contribution in [2.45, 2.75) is 20.4 Å². The number of rotatable bonds is 4. The monoisotopic (exact) mass is 321 g/mol. The van der Waals surface area contributed by atoms with Crippen LogP contribution in [0.1, 0.15) is 16.3 Å². The summed E-state index contributed by atoms with van der Waals surface area (Å²) in [6.45, 7) is 4.78. The first kappa shape index (κ1) is 14.2. The van der Waals surface area contributed by atoms with Crippen LogP contribution in [-0.2, 0) is 6.54 Å². The number of ether oxygens (including phenoxy) is 1. The molecule has 0 amide bonds. The summed E-state index contributed by atoms with van der Waals surface area (Å²) in [5.74, 6) is 0.781. The molecule has 3 aromatic rings. The van der Waals surface area contributed by atoms with Gasteiger partial charge in [-0.15, -0.1) is 11.3 Å². The topological polar surface area (TPSA) is 38.6 Å². The first-order valence-electron chi connectivity index (χ1n) is 6.60. The van der Waals surface area contributed by atoms with Gasteiger partial charge in [-0.05, 0) is 26.0 Å². The molecule has 6 heteroatoms. The highest BCUT2D eigenvalue weighted by Gasteiger charge is 2.11. The first-order chi connectivity index (χ1) is 10.1. The Labute approximate surface area is 132 Å². The highest BCUT2D eigenvalue weighted by Crippen LogP contribution is 2.28. The van der Waals surface area contributed by atoms with Gasteiger partial charge in [0.1, 0.15) is 5.75 Å². The molecule has 2 heterocycles. The second kappa shape index (κ2) is 5.58. The van der Waals surface area contributed by atoms with Crippen LogP contribution in [0.4, 0.5) is 5.69 Å². The van der Waals surface area contributed by atoms with Crippen LogP contribution < -0.4 is 10.1 Å². The summed E-state index contributed by atoms with van der Waals surface area (Å²) in [6, 6.07) is 5.57. The number of hydrogen-bond donors (Lipinski definition) is 1. The number of imidazole rings is 1. The average molecular weight is 322 g/mol. The van der Waals surface area contributed by atoms with E-state index in [0.29, 0.717) is 11.6 Å². The fraction of sp³-hybridized carbons (Fsp3) is 0.267. The van der Waals surface area contributed by atoms with Crippen LogP contribution in [0.5, 0.6) is 5.75 Å². The molecular weight excluding hydrogens is 306 g/mol. The van der Waals surface area contributed by atoms with Gasteiger partial charge in [-0.1, -0.05) is 11.6 Å². The van der Waals surface area contributed by atoms with Gasteiger partial charge in [0.2, 0.25) is 0 Å². The van der Waals surface area contributed by atoms with Crippen molar-refractivity contribution in [3.63, 3.8) is 0 Å². The highest BCUT2D eigenvalue weighted by atomic mass is 35.5. The van der Waals surface area contributed by atoms with E-state index in [1.165, 1.54) is 4.88 Å². The Kier molecular flexibility index (Phi) is 3.78. The van der Waals surface area contributed by atoms with Crippen LogP contribution in [0.3, 0.4) is 0 Å². The lowest BCUT2D eigenvalue weighted by Crippen LogP contribution is -2.04. The van der Waals surface area contributed by atoms with Gasteiger partial charge in [0.25, 0.3) is 0 Å². The maximum atomic E-state index is 6.22. The van der Waals surface area contributed by atoms with Crippen molar-refractivity contribution < 1.29 is 4.74 Å². The molecule has 1 N–H and O–H groups in total. The maximum absolute atomic E-state index is 6.22. The van der Waals surface area contributed by atoms with Gasteiger partial charge < -0.3 is 10.1 Å². The zero-order chi connectivity index (χ0) is 15.0. The zero-order valence-electron chi connectivity index (χ0n) is 12.1. The van der Waals surface area contributed by atoms with E-state index in [0.717, 1.165) is 27.8 Å². The molecule has 2 aromatic heterocycles. The normalized spacial score (nSPS) is 11.0. The summed E-state index contributed by atoms with van der Waals surface area (Å²) < 4.78 is 7.36. The highest BCUT2D eigenvalue weighted by molar-refractivity contribution is 7.17. The minimum absolute atomic E-state index is 0.663. The SMILES string of the molecule is COc1ccc(Cl)c(NCc2c(C)nc3sc(C)cn23)c1. The fourth-order valence-corrected chi connectivity index (χ4v) is 3.34. The predicted octanol–water partition coefficient (Wildman–Crippen LogP) is 4.29. The van der Waals surface area contributed by atoms with Crippen molar-refractivity contribution in [2.24, 2.45) is 0 Å². The van der Waals surface area contributed by atoms with Crippen LogP contribution >= 0.6 is 22.9 Å². The Bertz CT molecular complexity index is 794. The Hall–Kier alpha value is -1.72. The molecule has 0 saturated heterocycles. The number of thiazole rings is 1. The van der Waals surface area contributed by atoms with Crippen molar-refractivity contribution in [2.75, 3.05) is 12.4 Å². The lowest BCUT2D eigenvalue weighted by molar-refractivity contribution is 0.415. The van der Waals surface area contributed by atoms with Crippen molar-refractivity contribution >= 4 is 33.6 Å². The van der Waals surface area contributed by atoms with Crippen LogP contribution in [0, 0.1) is 13.8 Å². The van der Waals surface area contributed by atoms with Crippen molar-refractivity contribution in [1.82, 2.24) is 9.38 Å². The van der Waals surface area contributed by atoms with Crippen molar-refractivity contribution in [1.29, 1.82) is 0 Å². The number of hydrogen-bond acceptors (Lipinski definition) is 4. The lowest BCUT2D eigenvalue weighted by atomic mass is 10.2. The second-order valence-corrected chi connectivity index (χ2v) is 6.46. The van der Waals surface area contributed by atoms with E-state index < -0.39 is 0 Å². The van der Waals surface area contributed by atoms with E-state index in [4.69, 9.17) is 16.3 Å². The maximum Gasteiger partial charge on any atom is 0.194 e. The predicted molar refractivity (Wildman–Crippen MR) is 87.9 cm³/mol. The summed E-state index contributed by atoms with van der Waals surface area (Å²) in [5, 5.41) is 4.04. The molecule has 0 aliphatic rings. The van der Waals surface area contributed by atoms with E-state index in [2.05, 4.69) is 27.8 Å². The molecule has 0 radical (unpaired) electrons. The van der Waals surface area contributed by atoms with Gasteiger partial charge >= 0.3 is 0 Å². The third-order valence-corrected chi connectivity index (χ3v) is 4.59. The van der Waals surface area contributed by atoms with E-state index in [1.807, 2.05) is 25.1 Å². The third kappa shape index (κ3) is 2.71. The number of anilines is 1. The summed E-state index contributed by atoms with van der Waals surface area (Å²) >= 11 is 7.91. The van der Waals surface area contributed by atoms with E-state index in [-0.39, 0.29) is 0 Å². The molecular formula is C15H16ClN3OS. The van der Waals surface area contributed by atoms with E-state index >= 15 is 0 Å². The van der Waals surface area contributed by atoms with E-state index in [1.54, 1.807) is 18.4 Å². The lowest BCUT2D eigenvalue weighted by Gasteiger charge is -2.10. The largest absolute Gasteiger partial charge is 0.497 e. The van der Waals surface area contributed by atoms with Crippen LogP contribution in [0.15, 0.2) is 24.4 Å². The number of nitrogens with one attached hydrogen (secondary N) is 1. The molecule has 0 atom stereocenters. The Morgan fingerprint density at radius 1 is 1.38 bits per heavy atom. The van der Waals surface area contributed by atoms with Gasteiger partial charge in [-0.3, -0.25) is 4.40 Å². The molecule has 0 aliphatic heterocycles. The summed E-state index contributed by atoms with van der Waals surface area (Å²) in [7, 11) is 1.64. The van der Waals surface area contributed by atoms with Crippen molar-refractivity contribution in [3.05, 3.63) is 45.7 Å². The molecule has 0 fully saturated rings. The van der Waals surface area contributed by atoms with Crippen LogP contribution in [-0.4, -0.2) is 16.5 Å². The molecule has 4 nitrogen and oxygen atoms in total. The minimum Gasteiger partial charge on any atom is -0.497 e. The number of methoxy groups -OCH3 is 1. The molecule has 0 saturated carbocycles. The number of aryl methyl sites for hydroxylation is 2. The first-order valence-corrected chi connectivity index (χ1v) is 7.79. The third-order valence-electron chi connectivity index (χ3n) is 3.36. The molecule has 21 heavy (non-hydrogen) atoms. The Morgan fingerprint density at radius 3 is 2.95 bits per heavy atom. The zero-order valence-corrected chi connectivity index (χ0v) is 13.7. The Morgan fingerprint density at radius 2 is 2.19 bits per heavy atom. The molecule has 0 spiro atoms. The van der Waals surface area contributed by atoms with Crippen molar-refractivity contribution in [3.8, 4) is 5.75 Å². The van der Waals surface area contributed by atoms with Gasteiger partial charge in [-0.25, -0.2) is 4.98 Å². The van der Waals surface area contributed by atoms with Crippen LogP contribution in [0.2, 0.25) is 5.02 Å². The molecule has 3 rings (SSSR count). The Balaban J connectivity index is 1.88. The van der Waals surface area contributed by atoms with Gasteiger partial charge in [0.15, 0.2) is 4.96 Å². The van der Waals surface area contributed by atoms with Gasteiger partial charge in [-0.2, -0.15) is 0 Å². The minimum atomic E-state index is 0.663. The summed E-state index contributed by atoms with van der Waals surface area (Å²) in [5.41, 5.74) is 3.04. The van der Waals surface area contributed by atoms with Crippen LogP contribution in [0.25, 0.3) is 4.96 Å². The summed E-state index contributed by atoms with van der Waals surface area (Å²) in [4.78, 5) is 6.86. The van der Waals surface area contributed by atoms with Gasteiger partial charge in [0.05, 0.1) is 35.8 Å². The molecule has 0 bridgehead atoms. The van der Waals surface area contributed by atoms with Gasteiger partial charge in [0, 0.05) is 17.1 Å². The van der Waals surface area contributed by atoms with E-state index in [9.17, 15) is 0 Å². The standard InChI is InChI=1S/C15H16ClN3OS/c1-9-8-19-14(10(2)18-15(19)21-9)7-17-13-6-11(20-3)4-5-12(13)16/h4-6,8,17H,7H2,1-3H3. The average Bonchev–Trinajstić information content (AvgIpc) is 2.93. The molecule has 1 aromatic carbocycles.